The van der Waals surface area contributed by atoms with Crippen LogP contribution < -0.4 is 0 Å². The highest BCUT2D eigenvalue weighted by atomic mass is 15.2. The molecule has 1 fully saturated rings. The van der Waals surface area contributed by atoms with E-state index in [9.17, 15) is 0 Å². The third kappa shape index (κ3) is 8.41. The average Bonchev–Trinajstić information content (AvgIpc) is 2.58. The van der Waals surface area contributed by atoms with Gasteiger partial charge in [0.05, 0.1) is 0 Å². The van der Waals surface area contributed by atoms with Crippen molar-refractivity contribution in [3.05, 3.63) is 0 Å². The zero-order valence-corrected chi connectivity index (χ0v) is 20.4. The van der Waals surface area contributed by atoms with Gasteiger partial charge in [0.25, 0.3) is 0 Å². The lowest BCUT2D eigenvalue weighted by molar-refractivity contribution is 0.00929. The number of hydrogen-bond acceptors (Lipinski definition) is 3. The van der Waals surface area contributed by atoms with Gasteiger partial charge in [-0.15, -0.1) is 0 Å². The Bertz CT molecular complexity index is 400. The van der Waals surface area contributed by atoms with Crippen molar-refractivity contribution in [2.24, 2.45) is 17.3 Å². The molecule has 0 heterocycles. The van der Waals surface area contributed by atoms with E-state index in [1.54, 1.807) is 0 Å². The fraction of sp³-hybridized carbons (Fsp3) is 1.00. The second-order valence-corrected chi connectivity index (χ2v) is 10.8. The number of hydrogen-bond donors (Lipinski definition) is 0. The molecule has 0 bridgehead atoms. The third-order valence-corrected chi connectivity index (χ3v) is 7.77. The molecule has 27 heavy (non-hydrogen) atoms. The van der Waals surface area contributed by atoms with E-state index in [1.807, 2.05) is 0 Å². The van der Waals surface area contributed by atoms with Crippen LogP contribution in [0.5, 0.6) is 0 Å². The molecule has 1 aliphatic carbocycles. The Hall–Kier alpha value is -0.120. The lowest BCUT2D eigenvalue weighted by atomic mass is 9.64. The molecule has 1 aliphatic rings. The van der Waals surface area contributed by atoms with Gasteiger partial charge in [0.2, 0.25) is 0 Å². The molecule has 2 atom stereocenters. The summed E-state index contributed by atoms with van der Waals surface area (Å²) >= 11 is 0. The smallest absolute Gasteiger partial charge is 0.0109 e. The van der Waals surface area contributed by atoms with Crippen molar-refractivity contribution in [2.75, 3.05) is 40.8 Å². The molecule has 0 aromatic heterocycles. The normalized spacial score (nSPS) is 25.7. The Morgan fingerprint density at radius 3 is 1.93 bits per heavy atom. The lowest BCUT2D eigenvalue weighted by Gasteiger charge is -2.50. The molecule has 0 aromatic carbocycles. The molecule has 1 saturated carbocycles. The summed E-state index contributed by atoms with van der Waals surface area (Å²) in [6.07, 6.45) is 6.77. The first-order valence-electron chi connectivity index (χ1n) is 11.6. The van der Waals surface area contributed by atoms with Crippen LogP contribution in [0, 0.1) is 17.3 Å². The van der Waals surface area contributed by atoms with Crippen LogP contribution in [0.4, 0.5) is 0 Å². The van der Waals surface area contributed by atoms with E-state index in [2.05, 4.69) is 84.3 Å². The van der Waals surface area contributed by atoms with Crippen molar-refractivity contribution in [2.45, 2.75) is 98.7 Å². The van der Waals surface area contributed by atoms with E-state index in [-0.39, 0.29) is 0 Å². The molecule has 3 nitrogen and oxygen atoms in total. The first kappa shape index (κ1) is 24.9. The molecule has 1 rings (SSSR count). The van der Waals surface area contributed by atoms with Gasteiger partial charge in [-0.05, 0) is 97.8 Å². The maximum atomic E-state index is 2.62. The molecule has 0 spiro atoms. The molecular weight excluding hydrogens is 330 g/mol. The summed E-state index contributed by atoms with van der Waals surface area (Å²) in [7, 11) is 6.91. The number of nitrogens with zero attached hydrogens (tertiary/aromatic N) is 3. The van der Waals surface area contributed by atoms with Gasteiger partial charge >= 0.3 is 0 Å². The molecule has 0 aliphatic heterocycles. The quantitative estimate of drug-likeness (QED) is 0.433. The highest BCUT2D eigenvalue weighted by Gasteiger charge is 2.41. The maximum absolute atomic E-state index is 2.62. The second kappa shape index (κ2) is 11.2. The predicted octanol–water partition coefficient (Wildman–Crippen LogP) is 5.21. The van der Waals surface area contributed by atoms with Crippen LogP contribution in [0.1, 0.15) is 80.6 Å². The van der Waals surface area contributed by atoms with Gasteiger partial charge in [-0.2, -0.15) is 0 Å². The minimum Gasteiger partial charge on any atom is -0.304 e. The summed E-state index contributed by atoms with van der Waals surface area (Å²) in [5, 5.41) is 0. The largest absolute Gasteiger partial charge is 0.304 e. The van der Waals surface area contributed by atoms with Gasteiger partial charge in [-0.1, -0.05) is 27.7 Å². The van der Waals surface area contributed by atoms with Crippen LogP contribution in [-0.2, 0) is 0 Å². The van der Waals surface area contributed by atoms with Gasteiger partial charge in [0.1, 0.15) is 0 Å². The monoisotopic (exact) mass is 381 g/mol. The first-order chi connectivity index (χ1) is 12.4. The average molecular weight is 382 g/mol. The maximum Gasteiger partial charge on any atom is 0.0109 e. The van der Waals surface area contributed by atoms with Crippen molar-refractivity contribution < 1.29 is 0 Å². The van der Waals surface area contributed by atoms with Gasteiger partial charge in [0.15, 0.2) is 0 Å². The Labute approximate surface area is 171 Å². The molecular formula is C24H51N3. The summed E-state index contributed by atoms with van der Waals surface area (Å²) in [4.78, 5) is 7.67. The van der Waals surface area contributed by atoms with Crippen LogP contribution in [-0.4, -0.2) is 73.6 Å². The standard InChI is InChI=1S/C24H51N3/c1-19(2)21(5)11-12-22(6)26(9)15-16-27(10)23-17-24(7,18-23)13-14-25(8)20(3)4/h19-23H,11-18H2,1-10H3/t21-,22-,23?,24?/m1/s1. The number of likely N-dealkylation sites (N-methyl/N-ethyl adjacent to an activating group) is 2. The van der Waals surface area contributed by atoms with E-state index >= 15 is 0 Å². The fourth-order valence-electron chi connectivity index (χ4n) is 4.07. The molecule has 0 amide bonds. The highest BCUT2D eigenvalue weighted by Crippen LogP contribution is 2.45. The summed E-state index contributed by atoms with van der Waals surface area (Å²) in [5.41, 5.74) is 0.564. The van der Waals surface area contributed by atoms with E-state index in [0.29, 0.717) is 17.5 Å². The molecule has 162 valence electrons. The van der Waals surface area contributed by atoms with E-state index in [1.165, 1.54) is 51.7 Å². The Morgan fingerprint density at radius 2 is 1.41 bits per heavy atom. The predicted molar refractivity (Wildman–Crippen MR) is 121 cm³/mol. The van der Waals surface area contributed by atoms with Crippen LogP contribution in [0.3, 0.4) is 0 Å². The van der Waals surface area contributed by atoms with Gasteiger partial charge in [0, 0.05) is 31.2 Å². The minimum atomic E-state index is 0.564. The SMILES string of the molecule is CC(C)[C@H](C)CC[C@@H](C)N(C)CCN(C)C1CC(C)(CCN(C)C(C)C)C1. The molecule has 0 N–H and O–H groups in total. The van der Waals surface area contributed by atoms with Crippen LogP contribution >= 0.6 is 0 Å². The molecule has 0 radical (unpaired) electrons. The van der Waals surface area contributed by atoms with Crippen molar-refractivity contribution in [3.63, 3.8) is 0 Å². The molecule has 3 heteroatoms. The van der Waals surface area contributed by atoms with E-state index < -0.39 is 0 Å². The van der Waals surface area contributed by atoms with Gasteiger partial charge < -0.3 is 14.7 Å². The molecule has 0 aromatic rings. The topological polar surface area (TPSA) is 9.72 Å². The summed E-state index contributed by atoms with van der Waals surface area (Å²) in [6.45, 7) is 20.2. The van der Waals surface area contributed by atoms with Crippen molar-refractivity contribution >= 4 is 0 Å². The van der Waals surface area contributed by atoms with E-state index in [4.69, 9.17) is 0 Å². The van der Waals surface area contributed by atoms with Gasteiger partial charge in [-0.3, -0.25) is 0 Å². The minimum absolute atomic E-state index is 0.564. The van der Waals surface area contributed by atoms with Crippen molar-refractivity contribution in [3.8, 4) is 0 Å². The fourth-order valence-corrected chi connectivity index (χ4v) is 4.07. The second-order valence-electron chi connectivity index (χ2n) is 10.8. The Morgan fingerprint density at radius 1 is 0.815 bits per heavy atom. The zero-order chi connectivity index (χ0) is 20.8. The van der Waals surface area contributed by atoms with Gasteiger partial charge in [-0.25, -0.2) is 0 Å². The molecule has 0 saturated heterocycles. The zero-order valence-electron chi connectivity index (χ0n) is 20.4. The molecule has 0 unspecified atom stereocenters. The van der Waals surface area contributed by atoms with Crippen LogP contribution in [0.25, 0.3) is 0 Å². The summed E-state index contributed by atoms with van der Waals surface area (Å²) in [5.74, 6) is 1.65. The van der Waals surface area contributed by atoms with E-state index in [0.717, 1.165) is 17.9 Å². The lowest BCUT2D eigenvalue weighted by Crippen LogP contribution is -2.51. The summed E-state index contributed by atoms with van der Waals surface area (Å²) in [6, 6.07) is 2.15. The van der Waals surface area contributed by atoms with Crippen molar-refractivity contribution in [1.29, 1.82) is 0 Å². The van der Waals surface area contributed by atoms with Crippen molar-refractivity contribution in [1.82, 2.24) is 14.7 Å². The van der Waals surface area contributed by atoms with Crippen LogP contribution in [0.2, 0.25) is 0 Å². The number of rotatable bonds is 13. The van der Waals surface area contributed by atoms with Crippen LogP contribution in [0.15, 0.2) is 0 Å². The first-order valence-corrected chi connectivity index (χ1v) is 11.6. The highest BCUT2D eigenvalue weighted by molar-refractivity contribution is 4.95. The Balaban J connectivity index is 2.24. The third-order valence-electron chi connectivity index (χ3n) is 7.77. The Kier molecular flexibility index (Phi) is 10.3. The summed E-state index contributed by atoms with van der Waals surface area (Å²) < 4.78 is 0.